The first-order chi connectivity index (χ1) is 8.85. The van der Waals surface area contributed by atoms with Crippen molar-refractivity contribution in [2.75, 3.05) is 33.5 Å². The van der Waals surface area contributed by atoms with Crippen molar-refractivity contribution in [3.8, 4) is 17.2 Å². The van der Waals surface area contributed by atoms with Gasteiger partial charge in [-0.2, -0.15) is 0 Å². The van der Waals surface area contributed by atoms with Gasteiger partial charge in [0.05, 0.1) is 7.11 Å². The molecular formula is C13H19NO4. The van der Waals surface area contributed by atoms with Crippen molar-refractivity contribution >= 4 is 0 Å². The van der Waals surface area contributed by atoms with Crippen LogP contribution in [0.5, 0.6) is 17.2 Å². The van der Waals surface area contributed by atoms with E-state index in [1.165, 1.54) is 0 Å². The van der Waals surface area contributed by atoms with Crippen molar-refractivity contribution in [3.05, 3.63) is 17.7 Å². The maximum absolute atomic E-state index is 8.71. The highest BCUT2D eigenvalue weighted by Crippen LogP contribution is 2.40. The third-order valence-corrected chi connectivity index (χ3v) is 2.73. The van der Waals surface area contributed by atoms with Crippen LogP contribution in [0.2, 0.25) is 0 Å². The van der Waals surface area contributed by atoms with Crippen LogP contribution in [-0.2, 0) is 6.54 Å². The van der Waals surface area contributed by atoms with E-state index in [9.17, 15) is 0 Å². The van der Waals surface area contributed by atoms with E-state index in [2.05, 4.69) is 5.32 Å². The van der Waals surface area contributed by atoms with Gasteiger partial charge in [0.25, 0.3) is 0 Å². The zero-order chi connectivity index (χ0) is 12.8. The molecule has 0 saturated carbocycles. The molecule has 0 amide bonds. The highest BCUT2D eigenvalue weighted by Gasteiger charge is 2.18. The number of nitrogens with one attached hydrogen (secondary N) is 1. The van der Waals surface area contributed by atoms with Gasteiger partial charge in [-0.3, -0.25) is 0 Å². The molecule has 0 spiro atoms. The highest BCUT2D eigenvalue weighted by molar-refractivity contribution is 5.54. The molecule has 0 aromatic heterocycles. The Labute approximate surface area is 107 Å². The van der Waals surface area contributed by atoms with Gasteiger partial charge in [-0.15, -0.1) is 0 Å². The Kier molecular flexibility index (Phi) is 4.66. The van der Waals surface area contributed by atoms with Gasteiger partial charge in [0.1, 0.15) is 13.2 Å². The van der Waals surface area contributed by atoms with E-state index < -0.39 is 0 Å². The number of fused-ring (bicyclic) bond motifs is 1. The Hall–Kier alpha value is -1.46. The number of methoxy groups -OCH3 is 1. The summed E-state index contributed by atoms with van der Waals surface area (Å²) in [6, 6.07) is 3.91. The van der Waals surface area contributed by atoms with E-state index in [4.69, 9.17) is 19.3 Å². The molecule has 2 N–H and O–H groups in total. The highest BCUT2D eigenvalue weighted by atomic mass is 16.6. The third-order valence-electron chi connectivity index (χ3n) is 2.73. The second-order valence-electron chi connectivity index (χ2n) is 4.08. The van der Waals surface area contributed by atoms with Crippen molar-refractivity contribution in [2.45, 2.75) is 13.0 Å². The van der Waals surface area contributed by atoms with Crippen LogP contribution in [0.15, 0.2) is 12.1 Å². The lowest BCUT2D eigenvalue weighted by molar-refractivity contribution is 0.165. The van der Waals surface area contributed by atoms with Crippen LogP contribution in [0.4, 0.5) is 0 Å². The maximum atomic E-state index is 8.71. The molecular weight excluding hydrogens is 234 g/mol. The predicted octanol–water partition coefficient (Wildman–Crippen LogP) is 0.938. The number of benzene rings is 1. The molecule has 1 heterocycles. The van der Waals surface area contributed by atoms with Gasteiger partial charge in [0, 0.05) is 13.2 Å². The first-order valence-electron chi connectivity index (χ1n) is 6.13. The molecule has 0 fully saturated rings. The topological polar surface area (TPSA) is 60.0 Å². The molecule has 0 unspecified atom stereocenters. The molecule has 1 aromatic rings. The Bertz CT molecular complexity index is 378. The zero-order valence-corrected chi connectivity index (χ0v) is 10.6. The monoisotopic (exact) mass is 253 g/mol. The first-order valence-corrected chi connectivity index (χ1v) is 6.13. The lowest BCUT2D eigenvalue weighted by atomic mass is 10.1. The molecule has 18 heavy (non-hydrogen) atoms. The van der Waals surface area contributed by atoms with Crippen LogP contribution in [0.1, 0.15) is 12.0 Å². The summed E-state index contributed by atoms with van der Waals surface area (Å²) < 4.78 is 16.4. The van der Waals surface area contributed by atoms with Crippen molar-refractivity contribution in [3.63, 3.8) is 0 Å². The molecule has 0 saturated heterocycles. The van der Waals surface area contributed by atoms with Crippen molar-refractivity contribution in [1.29, 1.82) is 0 Å². The summed E-state index contributed by atoms with van der Waals surface area (Å²) in [5, 5.41) is 12.0. The van der Waals surface area contributed by atoms with E-state index in [0.29, 0.717) is 31.3 Å². The predicted molar refractivity (Wildman–Crippen MR) is 67.4 cm³/mol. The second-order valence-corrected chi connectivity index (χ2v) is 4.08. The van der Waals surface area contributed by atoms with Gasteiger partial charge < -0.3 is 24.6 Å². The van der Waals surface area contributed by atoms with Gasteiger partial charge >= 0.3 is 0 Å². The number of aliphatic hydroxyl groups excluding tert-OH is 1. The van der Waals surface area contributed by atoms with Gasteiger partial charge in [-0.1, -0.05) is 0 Å². The summed E-state index contributed by atoms with van der Waals surface area (Å²) in [5.74, 6) is 2.12. The average Bonchev–Trinajstić information content (AvgIpc) is 2.42. The molecule has 1 aromatic carbocycles. The van der Waals surface area contributed by atoms with Crippen LogP contribution >= 0.6 is 0 Å². The van der Waals surface area contributed by atoms with Crippen LogP contribution in [0, 0.1) is 0 Å². The van der Waals surface area contributed by atoms with E-state index >= 15 is 0 Å². The molecule has 100 valence electrons. The first kappa shape index (κ1) is 13.0. The SMILES string of the molecule is COc1cc(CNCCCO)cc2c1OCCO2. The molecule has 2 rings (SSSR count). The molecule has 5 nitrogen and oxygen atoms in total. The minimum atomic E-state index is 0.206. The molecule has 0 atom stereocenters. The second kappa shape index (κ2) is 6.47. The lowest BCUT2D eigenvalue weighted by Crippen LogP contribution is -2.18. The van der Waals surface area contributed by atoms with E-state index in [1.807, 2.05) is 12.1 Å². The van der Waals surface area contributed by atoms with Crippen LogP contribution in [-0.4, -0.2) is 38.6 Å². The smallest absolute Gasteiger partial charge is 0.203 e. The molecule has 0 aliphatic carbocycles. The average molecular weight is 253 g/mol. The fourth-order valence-electron chi connectivity index (χ4n) is 1.87. The number of rotatable bonds is 6. The maximum Gasteiger partial charge on any atom is 0.203 e. The number of aliphatic hydroxyl groups is 1. The van der Waals surface area contributed by atoms with E-state index in [0.717, 1.165) is 24.3 Å². The minimum Gasteiger partial charge on any atom is -0.493 e. The standard InChI is InChI=1S/C13H19NO4/c1-16-11-7-10(9-14-3-2-4-15)8-12-13(11)18-6-5-17-12/h7-8,14-15H,2-6,9H2,1H3. The number of ether oxygens (including phenoxy) is 3. The molecule has 1 aliphatic heterocycles. The van der Waals surface area contributed by atoms with Crippen molar-refractivity contribution in [1.82, 2.24) is 5.32 Å². The van der Waals surface area contributed by atoms with Gasteiger partial charge in [-0.05, 0) is 30.7 Å². The van der Waals surface area contributed by atoms with Crippen LogP contribution in [0.25, 0.3) is 0 Å². The van der Waals surface area contributed by atoms with Crippen molar-refractivity contribution in [2.24, 2.45) is 0 Å². The van der Waals surface area contributed by atoms with E-state index in [1.54, 1.807) is 7.11 Å². The van der Waals surface area contributed by atoms with Crippen LogP contribution in [0.3, 0.4) is 0 Å². The fraction of sp³-hybridized carbons (Fsp3) is 0.538. The van der Waals surface area contributed by atoms with E-state index in [-0.39, 0.29) is 6.61 Å². The number of hydrogen-bond donors (Lipinski definition) is 2. The molecule has 1 aliphatic rings. The summed E-state index contributed by atoms with van der Waals surface area (Å²) in [5.41, 5.74) is 1.08. The summed E-state index contributed by atoms with van der Waals surface area (Å²) in [4.78, 5) is 0. The quantitative estimate of drug-likeness (QED) is 0.739. The fourth-order valence-corrected chi connectivity index (χ4v) is 1.87. The summed E-state index contributed by atoms with van der Waals surface area (Å²) >= 11 is 0. The third kappa shape index (κ3) is 3.05. The van der Waals surface area contributed by atoms with Gasteiger partial charge in [-0.25, -0.2) is 0 Å². The van der Waals surface area contributed by atoms with Gasteiger partial charge in [0.15, 0.2) is 11.5 Å². The summed E-state index contributed by atoms with van der Waals surface area (Å²) in [6.45, 7) is 2.83. The Balaban J connectivity index is 2.06. The van der Waals surface area contributed by atoms with Gasteiger partial charge in [0.2, 0.25) is 5.75 Å². The summed E-state index contributed by atoms with van der Waals surface area (Å²) in [6.07, 6.45) is 0.752. The lowest BCUT2D eigenvalue weighted by Gasteiger charge is -2.21. The zero-order valence-electron chi connectivity index (χ0n) is 10.6. The normalized spacial score (nSPS) is 13.4. The summed E-state index contributed by atoms with van der Waals surface area (Å²) in [7, 11) is 1.62. The minimum absolute atomic E-state index is 0.206. The Morgan fingerprint density at radius 2 is 2.17 bits per heavy atom. The Morgan fingerprint density at radius 1 is 1.33 bits per heavy atom. The largest absolute Gasteiger partial charge is 0.493 e. The Morgan fingerprint density at radius 3 is 2.94 bits per heavy atom. The molecule has 0 bridgehead atoms. The molecule has 5 heteroatoms. The number of hydrogen-bond acceptors (Lipinski definition) is 5. The van der Waals surface area contributed by atoms with Crippen LogP contribution < -0.4 is 19.5 Å². The van der Waals surface area contributed by atoms with Crippen molar-refractivity contribution < 1.29 is 19.3 Å². The molecule has 0 radical (unpaired) electrons.